The highest BCUT2D eigenvalue weighted by Gasteiger charge is 2.23. The van der Waals surface area contributed by atoms with E-state index in [4.69, 9.17) is 10.5 Å². The molecule has 1 unspecified atom stereocenters. The molecule has 1 atom stereocenters. The molecule has 112 valence electrons. The summed E-state index contributed by atoms with van der Waals surface area (Å²) >= 11 is 0. The minimum atomic E-state index is -3.54. The predicted octanol–water partition coefficient (Wildman–Crippen LogP) is 0.792. The van der Waals surface area contributed by atoms with Gasteiger partial charge in [-0.05, 0) is 38.6 Å². The summed E-state index contributed by atoms with van der Waals surface area (Å²) in [5.41, 5.74) is 6.84. The van der Waals surface area contributed by atoms with Crippen LogP contribution >= 0.6 is 0 Å². The number of sulfonamides is 1. The normalized spacial score (nSPS) is 20.7. The largest absolute Gasteiger partial charge is 0.399 e. The van der Waals surface area contributed by atoms with Crippen molar-refractivity contribution >= 4 is 21.4 Å². The lowest BCUT2D eigenvalue weighted by molar-refractivity contribution is 0.0820. The van der Waals surface area contributed by atoms with E-state index < -0.39 is 10.0 Å². The van der Waals surface area contributed by atoms with Gasteiger partial charge in [-0.1, -0.05) is 0 Å². The van der Waals surface area contributed by atoms with E-state index in [0.29, 0.717) is 24.5 Å². The summed E-state index contributed by atoms with van der Waals surface area (Å²) in [7, 11) is -2.14. The van der Waals surface area contributed by atoms with Gasteiger partial charge in [0.2, 0.25) is 10.0 Å². The number of ether oxygens (including phenoxy) is 1. The number of nitrogens with two attached hydrogens (primary N) is 1. The van der Waals surface area contributed by atoms with Gasteiger partial charge in [0.15, 0.2) is 0 Å². The van der Waals surface area contributed by atoms with Gasteiger partial charge >= 0.3 is 0 Å². The number of nitrogens with zero attached hydrogens (tertiary/aromatic N) is 1. The smallest absolute Gasteiger partial charge is 0.242 e. The molecule has 0 bridgehead atoms. The summed E-state index contributed by atoms with van der Waals surface area (Å²) < 4.78 is 32.3. The monoisotopic (exact) mass is 299 g/mol. The average molecular weight is 299 g/mol. The van der Waals surface area contributed by atoms with E-state index in [1.165, 1.54) is 13.1 Å². The minimum Gasteiger partial charge on any atom is -0.399 e. The highest BCUT2D eigenvalue weighted by Crippen LogP contribution is 2.28. The molecule has 0 aromatic heterocycles. The van der Waals surface area contributed by atoms with Crippen LogP contribution in [0.5, 0.6) is 0 Å². The molecule has 1 fully saturated rings. The molecule has 1 aliphatic rings. The molecule has 6 nitrogen and oxygen atoms in total. The van der Waals surface area contributed by atoms with E-state index in [2.05, 4.69) is 4.72 Å². The van der Waals surface area contributed by atoms with Gasteiger partial charge in [0, 0.05) is 25.4 Å². The van der Waals surface area contributed by atoms with Crippen molar-refractivity contribution < 1.29 is 13.2 Å². The molecule has 0 amide bonds. The third-order valence-electron chi connectivity index (χ3n) is 3.34. The highest BCUT2D eigenvalue weighted by atomic mass is 32.2. The van der Waals surface area contributed by atoms with Crippen LogP contribution in [-0.4, -0.2) is 41.3 Å². The number of benzene rings is 1. The van der Waals surface area contributed by atoms with E-state index in [-0.39, 0.29) is 11.0 Å². The zero-order chi connectivity index (χ0) is 14.8. The SMILES string of the molecule is CNS(=O)(=O)c1cc(N)ccc1N1CCCOC(C)C1. The summed E-state index contributed by atoms with van der Waals surface area (Å²) in [6.07, 6.45) is 0.938. The summed E-state index contributed by atoms with van der Waals surface area (Å²) in [6.45, 7) is 4.11. The Labute approximate surface area is 120 Å². The quantitative estimate of drug-likeness (QED) is 0.806. The Kier molecular flexibility index (Phi) is 4.52. The Hall–Kier alpha value is -1.31. The average Bonchev–Trinajstić information content (AvgIpc) is 2.63. The van der Waals surface area contributed by atoms with E-state index >= 15 is 0 Å². The van der Waals surface area contributed by atoms with Crippen LogP contribution < -0.4 is 15.4 Å². The summed E-state index contributed by atoms with van der Waals surface area (Å²) in [6, 6.07) is 4.98. The van der Waals surface area contributed by atoms with Crippen molar-refractivity contribution in [3.05, 3.63) is 18.2 Å². The Morgan fingerprint density at radius 2 is 2.20 bits per heavy atom. The molecule has 7 heteroatoms. The Balaban J connectivity index is 2.45. The molecule has 3 N–H and O–H groups in total. The van der Waals surface area contributed by atoms with Crippen LogP contribution in [0.2, 0.25) is 0 Å². The molecule has 1 aromatic carbocycles. The van der Waals surface area contributed by atoms with Gasteiger partial charge in [0.05, 0.1) is 11.8 Å². The van der Waals surface area contributed by atoms with Gasteiger partial charge in [-0.2, -0.15) is 0 Å². The molecule has 1 aliphatic heterocycles. The van der Waals surface area contributed by atoms with E-state index in [1.807, 2.05) is 11.8 Å². The topological polar surface area (TPSA) is 84.7 Å². The second-order valence-electron chi connectivity index (χ2n) is 4.92. The van der Waals surface area contributed by atoms with Crippen LogP contribution in [0.3, 0.4) is 0 Å². The van der Waals surface area contributed by atoms with Crippen molar-refractivity contribution in [2.75, 3.05) is 37.4 Å². The standard InChI is InChI=1S/C13H21N3O3S/c1-10-9-16(6-3-7-19-10)12-5-4-11(14)8-13(12)20(17,18)15-2/h4-5,8,10,15H,3,6-7,9,14H2,1-2H3. The van der Waals surface area contributed by atoms with Crippen LogP contribution in [0.15, 0.2) is 23.1 Å². The fourth-order valence-corrected chi connectivity index (χ4v) is 3.31. The van der Waals surface area contributed by atoms with Crippen molar-refractivity contribution in [1.82, 2.24) is 4.72 Å². The molecule has 0 radical (unpaired) electrons. The van der Waals surface area contributed by atoms with Crippen molar-refractivity contribution in [2.24, 2.45) is 0 Å². The fraction of sp³-hybridized carbons (Fsp3) is 0.538. The number of hydrogen-bond donors (Lipinski definition) is 2. The lowest BCUT2D eigenvalue weighted by atomic mass is 10.2. The first kappa shape index (κ1) is 15.1. The fourth-order valence-electron chi connectivity index (χ4n) is 2.33. The molecule has 0 spiro atoms. The van der Waals surface area contributed by atoms with Crippen LogP contribution in [0.25, 0.3) is 0 Å². The molecule has 0 saturated carbocycles. The van der Waals surface area contributed by atoms with Crippen molar-refractivity contribution in [2.45, 2.75) is 24.3 Å². The maximum Gasteiger partial charge on any atom is 0.242 e. The molecular weight excluding hydrogens is 278 g/mol. The Morgan fingerprint density at radius 1 is 1.45 bits per heavy atom. The molecule has 20 heavy (non-hydrogen) atoms. The number of hydrogen-bond acceptors (Lipinski definition) is 5. The van der Waals surface area contributed by atoms with Crippen LogP contribution in [0, 0.1) is 0 Å². The van der Waals surface area contributed by atoms with Gasteiger partial charge in [-0.25, -0.2) is 13.1 Å². The first-order valence-electron chi connectivity index (χ1n) is 6.63. The predicted molar refractivity (Wildman–Crippen MR) is 79.3 cm³/mol. The Morgan fingerprint density at radius 3 is 2.90 bits per heavy atom. The second-order valence-corrected chi connectivity index (χ2v) is 6.77. The highest BCUT2D eigenvalue weighted by molar-refractivity contribution is 7.89. The third kappa shape index (κ3) is 3.23. The van der Waals surface area contributed by atoms with Gasteiger partial charge in [0.25, 0.3) is 0 Å². The summed E-state index contributed by atoms with van der Waals surface area (Å²) in [5, 5.41) is 0. The molecule has 2 rings (SSSR count). The van der Waals surface area contributed by atoms with Crippen LogP contribution in [0.4, 0.5) is 11.4 Å². The van der Waals surface area contributed by atoms with Crippen molar-refractivity contribution in [1.29, 1.82) is 0 Å². The molecule has 0 aliphatic carbocycles. The van der Waals surface area contributed by atoms with Crippen LogP contribution in [0.1, 0.15) is 13.3 Å². The van der Waals surface area contributed by atoms with Crippen LogP contribution in [-0.2, 0) is 14.8 Å². The van der Waals surface area contributed by atoms with Crippen molar-refractivity contribution in [3.63, 3.8) is 0 Å². The second kappa shape index (κ2) is 5.99. The lowest BCUT2D eigenvalue weighted by Crippen LogP contribution is -2.32. The number of nitrogens with one attached hydrogen (secondary N) is 1. The van der Waals surface area contributed by atoms with E-state index in [1.54, 1.807) is 12.1 Å². The minimum absolute atomic E-state index is 0.0696. The molecular formula is C13H21N3O3S. The van der Waals surface area contributed by atoms with E-state index in [0.717, 1.165) is 13.0 Å². The lowest BCUT2D eigenvalue weighted by Gasteiger charge is -2.26. The number of anilines is 2. The molecule has 1 aromatic rings. The summed E-state index contributed by atoms with van der Waals surface area (Å²) in [5.74, 6) is 0. The van der Waals surface area contributed by atoms with Gasteiger partial charge in [-0.15, -0.1) is 0 Å². The zero-order valence-corrected chi connectivity index (χ0v) is 12.6. The first-order chi connectivity index (χ1) is 9.44. The molecule has 1 heterocycles. The zero-order valence-electron chi connectivity index (χ0n) is 11.8. The number of rotatable bonds is 3. The van der Waals surface area contributed by atoms with E-state index in [9.17, 15) is 8.42 Å². The third-order valence-corrected chi connectivity index (χ3v) is 4.78. The maximum atomic E-state index is 12.2. The van der Waals surface area contributed by atoms with Gasteiger partial charge in [-0.3, -0.25) is 0 Å². The Bertz CT molecular complexity index is 574. The maximum absolute atomic E-state index is 12.2. The van der Waals surface area contributed by atoms with Gasteiger partial charge < -0.3 is 15.4 Å². The van der Waals surface area contributed by atoms with Gasteiger partial charge in [0.1, 0.15) is 4.90 Å². The molecule has 1 saturated heterocycles. The van der Waals surface area contributed by atoms with Crippen molar-refractivity contribution in [3.8, 4) is 0 Å². The summed E-state index contributed by atoms with van der Waals surface area (Å²) in [4.78, 5) is 2.26. The number of nitrogen functional groups attached to an aromatic ring is 1. The first-order valence-corrected chi connectivity index (χ1v) is 8.12.